The van der Waals surface area contributed by atoms with Crippen molar-refractivity contribution in [1.82, 2.24) is 44.9 Å². The van der Waals surface area contributed by atoms with Gasteiger partial charge in [0.15, 0.2) is 11.6 Å². The van der Waals surface area contributed by atoms with Crippen molar-refractivity contribution in [3.63, 3.8) is 0 Å². The number of likely N-dealkylation sites (tertiary alicyclic amines) is 2. The topological polar surface area (TPSA) is 146 Å². The standard InChI is InChI=1S/C36H43F4N9O4/c1-19(2)32(42-18-50)36(53)47-15-24(40)10-26(47)17-49-30-8-6-22(38)12-28(30)45-34(49)33-44-27-11-21(37)5-7-29(27)48(33)16-25-9-23(39)14-46(25)35(52)20(3)43-31(51)13-41-4/h5-8,11-12,18-20,23-26,32,41H,9-10,13-17H2,1-4H3,(H,42,50)(H,43,51). The van der Waals surface area contributed by atoms with Crippen molar-refractivity contribution in [1.29, 1.82) is 0 Å². The normalized spacial score (nSPS) is 21.5. The van der Waals surface area contributed by atoms with Crippen molar-refractivity contribution in [2.24, 2.45) is 5.92 Å². The number of carbonyl (C=O) groups excluding carboxylic acids is 4. The van der Waals surface area contributed by atoms with Crippen LogP contribution in [0.2, 0.25) is 0 Å². The Balaban J connectivity index is 1.42. The summed E-state index contributed by atoms with van der Waals surface area (Å²) < 4.78 is 62.8. The second-order valence-electron chi connectivity index (χ2n) is 14.1. The first-order chi connectivity index (χ1) is 25.3. The molecular weight excluding hydrogens is 698 g/mol. The highest BCUT2D eigenvalue weighted by molar-refractivity contribution is 5.89. The minimum absolute atomic E-state index is 0.00635. The number of nitrogens with one attached hydrogen (secondary N) is 3. The van der Waals surface area contributed by atoms with E-state index in [0.717, 1.165) is 0 Å². The number of halogens is 4. The maximum atomic E-state index is 15.1. The van der Waals surface area contributed by atoms with Gasteiger partial charge in [0.2, 0.25) is 24.1 Å². The van der Waals surface area contributed by atoms with Gasteiger partial charge in [-0.25, -0.2) is 27.5 Å². The van der Waals surface area contributed by atoms with Gasteiger partial charge >= 0.3 is 0 Å². The van der Waals surface area contributed by atoms with Crippen LogP contribution in [-0.4, -0.2) is 116 Å². The monoisotopic (exact) mass is 741 g/mol. The smallest absolute Gasteiger partial charge is 0.245 e. The molecule has 0 spiro atoms. The molecular formula is C36H43F4N9O4. The molecule has 53 heavy (non-hydrogen) atoms. The summed E-state index contributed by atoms with van der Waals surface area (Å²) >= 11 is 0. The van der Waals surface area contributed by atoms with E-state index in [9.17, 15) is 28.0 Å². The second-order valence-corrected chi connectivity index (χ2v) is 14.1. The summed E-state index contributed by atoms with van der Waals surface area (Å²) in [7, 11) is 1.59. The number of carbonyl (C=O) groups is 4. The number of aromatic nitrogens is 4. The molecule has 2 saturated heterocycles. The Morgan fingerprint density at radius 3 is 1.77 bits per heavy atom. The number of amides is 4. The average Bonchev–Trinajstić information content (AvgIpc) is 3.85. The summed E-state index contributed by atoms with van der Waals surface area (Å²) in [5.74, 6) is -2.33. The summed E-state index contributed by atoms with van der Waals surface area (Å²) in [6.45, 7) is 4.69. The third-order valence-corrected chi connectivity index (χ3v) is 9.97. The number of fused-ring (bicyclic) bond motifs is 2. The molecule has 4 heterocycles. The number of hydrogen-bond acceptors (Lipinski definition) is 7. The van der Waals surface area contributed by atoms with Crippen molar-refractivity contribution in [3.8, 4) is 11.6 Å². The molecule has 2 aromatic heterocycles. The summed E-state index contributed by atoms with van der Waals surface area (Å²) in [4.78, 5) is 63.1. The molecule has 6 atom stereocenters. The third kappa shape index (κ3) is 7.70. The van der Waals surface area contributed by atoms with Crippen molar-refractivity contribution in [2.45, 2.75) is 83.2 Å². The van der Waals surface area contributed by atoms with Gasteiger partial charge in [0.25, 0.3) is 0 Å². The Kier molecular flexibility index (Phi) is 11.0. The molecule has 0 saturated carbocycles. The van der Waals surface area contributed by atoms with E-state index in [1.807, 2.05) is 0 Å². The predicted molar refractivity (Wildman–Crippen MR) is 188 cm³/mol. The maximum Gasteiger partial charge on any atom is 0.245 e. The number of benzene rings is 2. The molecule has 6 unspecified atom stereocenters. The summed E-state index contributed by atoms with van der Waals surface area (Å²) in [5, 5.41) is 7.89. The number of rotatable bonds is 13. The van der Waals surface area contributed by atoms with Gasteiger partial charge in [-0.05, 0) is 44.2 Å². The van der Waals surface area contributed by atoms with Gasteiger partial charge in [-0.15, -0.1) is 0 Å². The predicted octanol–water partition coefficient (Wildman–Crippen LogP) is 2.70. The molecule has 4 aromatic rings. The van der Waals surface area contributed by atoms with Crippen molar-refractivity contribution >= 4 is 46.2 Å². The second kappa shape index (κ2) is 15.5. The lowest BCUT2D eigenvalue weighted by molar-refractivity contribution is -0.137. The molecule has 0 bridgehead atoms. The van der Waals surface area contributed by atoms with Gasteiger partial charge in [-0.2, -0.15) is 0 Å². The third-order valence-electron chi connectivity index (χ3n) is 9.97. The molecule has 17 heteroatoms. The lowest BCUT2D eigenvalue weighted by Crippen LogP contribution is -2.51. The van der Waals surface area contributed by atoms with Crippen LogP contribution in [0.15, 0.2) is 36.4 Å². The zero-order valence-electron chi connectivity index (χ0n) is 29.9. The Labute approximate surface area is 303 Å². The van der Waals surface area contributed by atoms with Gasteiger partial charge in [-0.1, -0.05) is 13.8 Å². The number of likely N-dealkylation sites (N-methyl/N-ethyl adjacent to an activating group) is 1. The SMILES string of the molecule is CNCC(=O)NC(C)C(=O)N1CC(F)CC1Cn1c(-c2nc3cc(F)ccc3n2CC2CC(F)CN2C(=O)C(NC=O)C(C)C)nc2cc(F)ccc21. The van der Waals surface area contributed by atoms with Gasteiger partial charge in [-0.3, -0.25) is 19.2 Å². The van der Waals surface area contributed by atoms with Crippen LogP contribution in [-0.2, 0) is 32.3 Å². The van der Waals surface area contributed by atoms with E-state index in [4.69, 9.17) is 9.97 Å². The number of alkyl halides is 2. The van der Waals surface area contributed by atoms with Crippen LogP contribution in [0.3, 0.4) is 0 Å². The molecule has 13 nitrogen and oxygen atoms in total. The van der Waals surface area contributed by atoms with Crippen LogP contribution in [0.5, 0.6) is 0 Å². The fourth-order valence-electron chi connectivity index (χ4n) is 7.51. The molecule has 4 amide bonds. The van der Waals surface area contributed by atoms with E-state index in [-0.39, 0.29) is 74.2 Å². The van der Waals surface area contributed by atoms with E-state index < -0.39 is 65.9 Å². The van der Waals surface area contributed by atoms with Crippen LogP contribution in [0, 0.1) is 17.6 Å². The Bertz CT molecular complexity index is 2020. The molecule has 2 aliphatic rings. The fourth-order valence-corrected chi connectivity index (χ4v) is 7.51. The zero-order chi connectivity index (χ0) is 38.1. The zero-order valence-corrected chi connectivity index (χ0v) is 29.9. The van der Waals surface area contributed by atoms with E-state index in [1.165, 1.54) is 53.1 Å². The molecule has 0 radical (unpaired) electrons. The van der Waals surface area contributed by atoms with Crippen LogP contribution in [0.25, 0.3) is 33.7 Å². The van der Waals surface area contributed by atoms with Crippen LogP contribution < -0.4 is 16.0 Å². The Morgan fingerprint density at radius 1 is 0.830 bits per heavy atom. The van der Waals surface area contributed by atoms with Crippen molar-refractivity contribution in [3.05, 3.63) is 48.0 Å². The molecule has 2 aliphatic heterocycles. The molecule has 3 N–H and O–H groups in total. The molecule has 2 fully saturated rings. The lowest BCUT2D eigenvalue weighted by atomic mass is 10.0. The highest BCUT2D eigenvalue weighted by Crippen LogP contribution is 2.33. The van der Waals surface area contributed by atoms with Crippen LogP contribution in [0.4, 0.5) is 17.6 Å². The molecule has 284 valence electrons. The van der Waals surface area contributed by atoms with Crippen LogP contribution in [0.1, 0.15) is 33.6 Å². The quantitative estimate of drug-likeness (QED) is 0.141. The summed E-state index contributed by atoms with van der Waals surface area (Å²) in [6, 6.07) is 4.77. The Morgan fingerprint density at radius 2 is 1.32 bits per heavy atom. The number of imidazole rings is 2. The number of hydrogen-bond donors (Lipinski definition) is 3. The summed E-state index contributed by atoms with van der Waals surface area (Å²) in [5.41, 5.74) is 1.40. The van der Waals surface area contributed by atoms with Gasteiger partial charge in [0.05, 0.1) is 53.8 Å². The molecule has 0 aliphatic carbocycles. The van der Waals surface area contributed by atoms with Crippen molar-refractivity contribution in [2.75, 3.05) is 26.7 Å². The molecule has 2 aromatic carbocycles. The highest BCUT2D eigenvalue weighted by atomic mass is 19.1. The largest absolute Gasteiger partial charge is 0.347 e. The maximum absolute atomic E-state index is 15.1. The van der Waals surface area contributed by atoms with E-state index in [1.54, 1.807) is 30.0 Å². The minimum atomic E-state index is -1.35. The first kappa shape index (κ1) is 37.7. The summed E-state index contributed by atoms with van der Waals surface area (Å²) in [6.07, 6.45) is -2.29. The first-order valence-corrected chi connectivity index (χ1v) is 17.6. The van der Waals surface area contributed by atoms with Gasteiger partial charge in [0, 0.05) is 38.1 Å². The Hall–Kier alpha value is -5.06. The lowest BCUT2D eigenvalue weighted by Gasteiger charge is -2.30. The number of nitrogens with zero attached hydrogens (tertiary/aromatic N) is 6. The van der Waals surface area contributed by atoms with Gasteiger partial charge < -0.3 is 34.9 Å². The van der Waals surface area contributed by atoms with Gasteiger partial charge in [0.1, 0.15) is 36.1 Å². The van der Waals surface area contributed by atoms with E-state index in [2.05, 4.69) is 16.0 Å². The molecule has 6 rings (SSSR count). The van der Waals surface area contributed by atoms with Crippen molar-refractivity contribution < 1.29 is 36.7 Å². The van der Waals surface area contributed by atoms with E-state index in [0.29, 0.717) is 17.4 Å². The minimum Gasteiger partial charge on any atom is -0.347 e. The average molecular weight is 742 g/mol. The van der Waals surface area contributed by atoms with E-state index >= 15 is 8.78 Å². The first-order valence-electron chi connectivity index (χ1n) is 17.6. The fraction of sp³-hybridized carbons (Fsp3) is 0.500. The van der Waals surface area contributed by atoms with Crippen LogP contribution >= 0.6 is 0 Å². The highest BCUT2D eigenvalue weighted by Gasteiger charge is 2.41.